The molecule has 0 spiro atoms. The van der Waals surface area contributed by atoms with Crippen LogP contribution in [0.5, 0.6) is 0 Å². The number of carbonyl (C=O) groups is 4. The molecule has 1 aromatic carbocycles. The van der Waals surface area contributed by atoms with E-state index < -0.39 is 87.3 Å². The Kier molecular flexibility index (Phi) is 15.6. The van der Waals surface area contributed by atoms with E-state index in [2.05, 4.69) is 14.2 Å². The number of ether oxygens (including phenoxy) is 5. The van der Waals surface area contributed by atoms with E-state index in [-0.39, 0.29) is 6.61 Å². The number of benzene rings is 1. The highest BCUT2D eigenvalue weighted by Crippen LogP contribution is 2.08. The van der Waals surface area contributed by atoms with Gasteiger partial charge < -0.3 is 39.6 Å². The Balaban J connectivity index is 3.08. The molecule has 0 aliphatic carbocycles. The summed E-state index contributed by atoms with van der Waals surface area (Å²) >= 11 is 0. The first kappa shape index (κ1) is 36.4. The van der Waals surface area contributed by atoms with Crippen LogP contribution in [-0.4, -0.2) is 87.3 Å². The maximum atomic E-state index is 12.9. The molecule has 0 unspecified atom stereocenters. The minimum Gasteiger partial charge on any atom is -0.459 e. The fourth-order valence-corrected chi connectivity index (χ4v) is 2.87. The number of alkyl carbamates (subject to hydrolysis) is 1. The summed E-state index contributed by atoms with van der Waals surface area (Å²) in [6.45, 7) is -9.71. The molecule has 3 N–H and O–H groups in total. The number of rotatable bonds is 17. The first-order chi connectivity index (χ1) is 19.6. The van der Waals surface area contributed by atoms with Gasteiger partial charge in [0, 0.05) is 0 Å². The lowest BCUT2D eigenvalue weighted by Crippen LogP contribution is -2.59. The lowest BCUT2D eigenvalue weighted by Gasteiger charge is -2.26. The Morgan fingerprint density at radius 2 is 1.12 bits per heavy atom. The molecule has 0 saturated carbocycles. The van der Waals surface area contributed by atoms with Gasteiger partial charge in [0.25, 0.3) is 0 Å². The Morgan fingerprint density at radius 3 is 1.57 bits per heavy atom. The number of hydrogen-bond donors (Lipinski definition) is 3. The maximum absolute atomic E-state index is 12.9. The van der Waals surface area contributed by atoms with Crippen molar-refractivity contribution in [3.8, 4) is 0 Å². The van der Waals surface area contributed by atoms with Crippen LogP contribution < -0.4 is 16.0 Å². The van der Waals surface area contributed by atoms with Crippen molar-refractivity contribution in [2.45, 2.75) is 70.9 Å². The largest absolute Gasteiger partial charge is 0.459 e. The number of alkyl halides is 6. The van der Waals surface area contributed by atoms with Crippen molar-refractivity contribution in [3.63, 3.8) is 0 Å². The second-order valence-corrected chi connectivity index (χ2v) is 9.20. The standard InChI is InChI=1S/C24H31F6N3O9/c1-24(2,3)42-23(37)33-15(11-40-21(27)28)18(35)31-14(10-39-20(25)26)17(34)32-16(12-41-22(29)30)19(36)38-9-13-7-5-4-6-8-13/h4-8,14-16,20-22H,9-12H2,1-3H3,(H,31,35)(H,32,34)(H,33,37)/t14-,15-,16-/m0/s1. The van der Waals surface area contributed by atoms with E-state index in [1.54, 1.807) is 30.3 Å². The summed E-state index contributed by atoms with van der Waals surface area (Å²) in [4.78, 5) is 50.2. The van der Waals surface area contributed by atoms with Gasteiger partial charge in [-0.05, 0) is 26.3 Å². The molecule has 0 aromatic heterocycles. The maximum Gasteiger partial charge on any atom is 0.408 e. The van der Waals surface area contributed by atoms with E-state index in [1.165, 1.54) is 20.8 Å². The van der Waals surface area contributed by atoms with Crippen LogP contribution in [0.2, 0.25) is 0 Å². The third kappa shape index (κ3) is 16.0. The molecule has 238 valence electrons. The van der Waals surface area contributed by atoms with Gasteiger partial charge in [-0.15, -0.1) is 0 Å². The lowest BCUT2D eigenvalue weighted by molar-refractivity contribution is -0.163. The van der Waals surface area contributed by atoms with Gasteiger partial charge in [0.1, 0.15) is 24.3 Å². The smallest absolute Gasteiger partial charge is 0.408 e. The van der Waals surface area contributed by atoms with Crippen LogP contribution in [0.1, 0.15) is 26.3 Å². The predicted octanol–water partition coefficient (Wildman–Crippen LogP) is 2.31. The molecule has 1 aromatic rings. The van der Waals surface area contributed by atoms with Crippen LogP contribution in [0.15, 0.2) is 30.3 Å². The number of esters is 1. The van der Waals surface area contributed by atoms with Gasteiger partial charge in [0.2, 0.25) is 11.8 Å². The fraction of sp³-hybridized carbons (Fsp3) is 0.583. The third-order valence-electron chi connectivity index (χ3n) is 4.63. The van der Waals surface area contributed by atoms with Crippen molar-refractivity contribution in [1.82, 2.24) is 16.0 Å². The number of halogens is 6. The first-order valence-corrected chi connectivity index (χ1v) is 12.1. The Morgan fingerprint density at radius 1 is 0.690 bits per heavy atom. The van der Waals surface area contributed by atoms with Crippen LogP contribution in [0.25, 0.3) is 0 Å². The van der Waals surface area contributed by atoms with Crippen molar-refractivity contribution < 1.29 is 69.2 Å². The number of hydrogen-bond acceptors (Lipinski definition) is 9. The highest BCUT2D eigenvalue weighted by Gasteiger charge is 2.33. The highest BCUT2D eigenvalue weighted by atomic mass is 19.3. The molecular formula is C24H31F6N3O9. The second kappa shape index (κ2) is 18.0. The van der Waals surface area contributed by atoms with Gasteiger partial charge in [-0.1, -0.05) is 30.3 Å². The van der Waals surface area contributed by atoms with Crippen LogP contribution >= 0.6 is 0 Å². The molecule has 42 heavy (non-hydrogen) atoms. The summed E-state index contributed by atoms with van der Waals surface area (Å²) in [5.74, 6) is -4.08. The molecule has 0 bridgehead atoms. The summed E-state index contributed by atoms with van der Waals surface area (Å²) in [6, 6.07) is 2.13. The van der Waals surface area contributed by atoms with Gasteiger partial charge >= 0.3 is 31.9 Å². The monoisotopic (exact) mass is 619 g/mol. The van der Waals surface area contributed by atoms with Crippen molar-refractivity contribution in [1.29, 1.82) is 0 Å². The molecule has 1 rings (SSSR count). The summed E-state index contributed by atoms with van der Waals surface area (Å²) in [6.07, 6.45) is -1.25. The minimum atomic E-state index is -3.45. The molecule has 0 fully saturated rings. The quantitative estimate of drug-likeness (QED) is 0.176. The van der Waals surface area contributed by atoms with Crippen molar-refractivity contribution in [2.75, 3.05) is 19.8 Å². The van der Waals surface area contributed by atoms with E-state index in [9.17, 15) is 45.5 Å². The van der Waals surface area contributed by atoms with Crippen LogP contribution in [0.4, 0.5) is 31.1 Å². The summed E-state index contributed by atoms with van der Waals surface area (Å²) < 4.78 is 98.1. The van der Waals surface area contributed by atoms with Gasteiger partial charge in [0.05, 0.1) is 19.8 Å². The Bertz CT molecular complexity index is 1000. The van der Waals surface area contributed by atoms with Crippen molar-refractivity contribution in [3.05, 3.63) is 35.9 Å². The zero-order valence-electron chi connectivity index (χ0n) is 22.6. The van der Waals surface area contributed by atoms with Gasteiger partial charge in [-0.2, -0.15) is 26.3 Å². The minimum absolute atomic E-state index is 0.336. The molecule has 3 amide bonds. The molecule has 18 heteroatoms. The molecule has 3 atom stereocenters. The second-order valence-electron chi connectivity index (χ2n) is 9.20. The van der Waals surface area contributed by atoms with Crippen molar-refractivity contribution in [2.24, 2.45) is 0 Å². The molecule has 0 aliphatic rings. The summed E-state index contributed by atoms with van der Waals surface area (Å²) in [5.41, 5.74) is -0.581. The number of nitrogens with one attached hydrogen (secondary N) is 3. The van der Waals surface area contributed by atoms with Gasteiger partial charge in [-0.25, -0.2) is 9.59 Å². The zero-order chi connectivity index (χ0) is 31.9. The SMILES string of the molecule is CC(C)(C)OC(=O)N[C@@H](COC(F)F)C(=O)N[C@@H](COC(F)F)C(=O)N[C@@H](COC(F)F)C(=O)OCc1ccccc1. The van der Waals surface area contributed by atoms with Crippen molar-refractivity contribution >= 4 is 23.9 Å². The zero-order valence-corrected chi connectivity index (χ0v) is 22.6. The van der Waals surface area contributed by atoms with Gasteiger partial charge in [0.15, 0.2) is 6.04 Å². The van der Waals surface area contributed by atoms with E-state index in [4.69, 9.17) is 9.47 Å². The highest BCUT2D eigenvalue weighted by molar-refractivity contribution is 5.93. The summed E-state index contributed by atoms with van der Waals surface area (Å²) in [5, 5.41) is 5.74. The van der Waals surface area contributed by atoms with Crippen LogP contribution in [0.3, 0.4) is 0 Å². The third-order valence-corrected chi connectivity index (χ3v) is 4.63. The van der Waals surface area contributed by atoms with E-state index in [0.717, 1.165) is 0 Å². The van der Waals surface area contributed by atoms with Gasteiger partial charge in [-0.3, -0.25) is 9.59 Å². The summed E-state index contributed by atoms with van der Waals surface area (Å²) in [7, 11) is 0. The molecule has 0 saturated heterocycles. The first-order valence-electron chi connectivity index (χ1n) is 12.1. The molecule has 0 aliphatic heterocycles. The number of carbonyl (C=O) groups excluding carboxylic acids is 4. The fourth-order valence-electron chi connectivity index (χ4n) is 2.87. The van der Waals surface area contributed by atoms with E-state index in [0.29, 0.717) is 5.56 Å². The molecule has 0 radical (unpaired) electrons. The van der Waals surface area contributed by atoms with E-state index in [1.807, 2.05) is 16.0 Å². The average molecular weight is 620 g/mol. The lowest BCUT2D eigenvalue weighted by atomic mass is 10.2. The number of amides is 3. The predicted molar refractivity (Wildman–Crippen MR) is 129 cm³/mol. The molecule has 0 heterocycles. The topological polar surface area (TPSA) is 151 Å². The van der Waals surface area contributed by atoms with Crippen LogP contribution in [0, 0.1) is 0 Å². The molecule has 12 nitrogen and oxygen atoms in total. The van der Waals surface area contributed by atoms with Crippen LogP contribution in [-0.2, 0) is 44.7 Å². The normalized spacial score (nSPS) is 13.8. The van der Waals surface area contributed by atoms with E-state index >= 15 is 0 Å². The average Bonchev–Trinajstić information content (AvgIpc) is 2.88. The Labute approximate surface area is 236 Å². The molecular weight excluding hydrogens is 588 g/mol. The Hall–Kier alpha value is -3.64.